The molecule has 1 fully saturated rings. The normalized spacial score (nSPS) is 23.8. The van der Waals surface area contributed by atoms with Crippen LogP contribution in [-0.4, -0.2) is 35.7 Å². The number of carbonyl (C=O) groups is 2. The Morgan fingerprint density at radius 1 is 1.09 bits per heavy atom. The summed E-state index contributed by atoms with van der Waals surface area (Å²) in [5.74, 6) is -0.0706. The average molecular weight is 313 g/mol. The van der Waals surface area contributed by atoms with Crippen LogP contribution in [0.25, 0.3) is 0 Å². The number of nitrogens with two attached hydrogens (primary N) is 1. The number of hydrogen-bond donors (Lipinski definition) is 3. The summed E-state index contributed by atoms with van der Waals surface area (Å²) < 4.78 is 5.29. The van der Waals surface area contributed by atoms with E-state index in [1.165, 1.54) is 0 Å². The van der Waals surface area contributed by atoms with Crippen LogP contribution in [0.15, 0.2) is 0 Å². The van der Waals surface area contributed by atoms with Gasteiger partial charge in [-0.05, 0) is 39.5 Å². The van der Waals surface area contributed by atoms with E-state index in [1.54, 1.807) is 0 Å². The Labute approximate surface area is 133 Å². The van der Waals surface area contributed by atoms with Crippen LogP contribution in [0.1, 0.15) is 60.3 Å². The van der Waals surface area contributed by atoms with Crippen molar-refractivity contribution in [1.82, 2.24) is 10.6 Å². The first-order chi connectivity index (χ1) is 10.1. The lowest BCUT2D eigenvalue weighted by molar-refractivity contribution is -0.124. The van der Waals surface area contributed by atoms with Gasteiger partial charge in [0.1, 0.15) is 5.60 Å². The summed E-state index contributed by atoms with van der Waals surface area (Å²) in [6.45, 7) is 9.32. The fraction of sp³-hybridized carbons (Fsp3) is 0.875. The fourth-order valence-electron chi connectivity index (χ4n) is 2.52. The molecule has 0 aromatic rings. The van der Waals surface area contributed by atoms with Gasteiger partial charge in [-0.25, -0.2) is 4.79 Å². The topological polar surface area (TPSA) is 93.5 Å². The van der Waals surface area contributed by atoms with Crippen LogP contribution >= 0.6 is 0 Å². The molecule has 2 amide bonds. The first kappa shape index (κ1) is 18.7. The van der Waals surface area contributed by atoms with Crippen molar-refractivity contribution in [2.24, 2.45) is 11.7 Å². The number of nitrogens with one attached hydrogen (secondary N) is 2. The van der Waals surface area contributed by atoms with E-state index in [0.717, 1.165) is 25.7 Å². The molecular weight excluding hydrogens is 282 g/mol. The van der Waals surface area contributed by atoms with Crippen molar-refractivity contribution in [3.8, 4) is 0 Å². The third-order valence-corrected chi connectivity index (χ3v) is 3.82. The quantitative estimate of drug-likeness (QED) is 0.739. The van der Waals surface area contributed by atoms with Crippen LogP contribution in [0.5, 0.6) is 0 Å². The van der Waals surface area contributed by atoms with Crippen molar-refractivity contribution in [1.29, 1.82) is 0 Å². The van der Waals surface area contributed by atoms with Gasteiger partial charge < -0.3 is 21.1 Å². The maximum absolute atomic E-state index is 12.1. The first-order valence-electron chi connectivity index (χ1n) is 8.15. The molecule has 1 rings (SSSR count). The molecule has 0 spiro atoms. The van der Waals surface area contributed by atoms with Crippen LogP contribution in [0, 0.1) is 5.92 Å². The minimum absolute atomic E-state index is 0.0841. The highest BCUT2D eigenvalue weighted by Crippen LogP contribution is 2.19. The smallest absolute Gasteiger partial charge is 0.407 e. The van der Waals surface area contributed by atoms with Gasteiger partial charge in [-0.1, -0.05) is 26.7 Å². The van der Waals surface area contributed by atoms with E-state index in [9.17, 15) is 9.59 Å². The summed E-state index contributed by atoms with van der Waals surface area (Å²) in [7, 11) is 0. The lowest BCUT2D eigenvalue weighted by atomic mass is 9.90. The third-order valence-electron chi connectivity index (χ3n) is 3.82. The second-order valence-corrected chi connectivity index (χ2v) is 7.42. The SMILES string of the molecule is CC(C)C(N)C(=O)NC1CCCCC1NC(=O)OC(C)(C)C. The van der Waals surface area contributed by atoms with E-state index in [0.29, 0.717) is 0 Å². The van der Waals surface area contributed by atoms with Gasteiger partial charge in [0.15, 0.2) is 0 Å². The third kappa shape index (κ3) is 6.22. The standard InChI is InChI=1S/C16H31N3O3/c1-10(2)13(17)14(20)18-11-8-6-7-9-12(11)19-15(21)22-16(3,4)5/h10-13H,6-9,17H2,1-5H3,(H,18,20)(H,19,21). The van der Waals surface area contributed by atoms with E-state index in [-0.39, 0.29) is 23.9 Å². The Morgan fingerprint density at radius 3 is 2.05 bits per heavy atom. The maximum Gasteiger partial charge on any atom is 0.407 e. The Balaban J connectivity index is 2.60. The van der Waals surface area contributed by atoms with Gasteiger partial charge in [-0.15, -0.1) is 0 Å². The van der Waals surface area contributed by atoms with Crippen molar-refractivity contribution < 1.29 is 14.3 Å². The summed E-state index contributed by atoms with van der Waals surface area (Å²) in [4.78, 5) is 24.1. The predicted molar refractivity (Wildman–Crippen MR) is 86.4 cm³/mol. The Hall–Kier alpha value is -1.30. The highest BCUT2D eigenvalue weighted by molar-refractivity contribution is 5.82. The molecule has 0 bridgehead atoms. The summed E-state index contributed by atoms with van der Waals surface area (Å²) in [6.07, 6.45) is 3.31. The summed E-state index contributed by atoms with van der Waals surface area (Å²) in [5.41, 5.74) is 5.35. The minimum Gasteiger partial charge on any atom is -0.444 e. The molecule has 0 heterocycles. The molecule has 0 aromatic carbocycles. The van der Waals surface area contributed by atoms with Crippen LogP contribution in [0.3, 0.4) is 0 Å². The van der Waals surface area contributed by atoms with Crippen molar-refractivity contribution >= 4 is 12.0 Å². The van der Waals surface area contributed by atoms with Crippen LogP contribution in [0.2, 0.25) is 0 Å². The molecular formula is C16H31N3O3. The van der Waals surface area contributed by atoms with Crippen molar-refractivity contribution in [3.63, 3.8) is 0 Å². The maximum atomic E-state index is 12.1. The number of hydrogen-bond acceptors (Lipinski definition) is 4. The van der Waals surface area contributed by atoms with Gasteiger partial charge in [0.05, 0.1) is 12.1 Å². The van der Waals surface area contributed by atoms with Crippen LogP contribution in [0.4, 0.5) is 4.79 Å². The number of rotatable bonds is 4. The van der Waals surface area contributed by atoms with E-state index in [4.69, 9.17) is 10.5 Å². The zero-order valence-corrected chi connectivity index (χ0v) is 14.4. The van der Waals surface area contributed by atoms with Gasteiger partial charge in [0, 0.05) is 6.04 Å². The van der Waals surface area contributed by atoms with Gasteiger partial charge in [0.2, 0.25) is 5.91 Å². The molecule has 3 atom stereocenters. The molecule has 0 radical (unpaired) electrons. The molecule has 3 unspecified atom stereocenters. The van der Waals surface area contributed by atoms with Gasteiger partial charge in [-0.2, -0.15) is 0 Å². The monoisotopic (exact) mass is 313 g/mol. The molecule has 0 aliphatic heterocycles. The van der Waals surface area contributed by atoms with Crippen molar-refractivity contribution in [3.05, 3.63) is 0 Å². The van der Waals surface area contributed by atoms with Gasteiger partial charge in [0.25, 0.3) is 0 Å². The Kier molecular flexibility index (Phi) is 6.66. The Bertz CT molecular complexity index is 391. The van der Waals surface area contributed by atoms with Crippen LogP contribution < -0.4 is 16.4 Å². The molecule has 1 aliphatic rings. The van der Waals surface area contributed by atoms with E-state index >= 15 is 0 Å². The predicted octanol–water partition coefficient (Wildman–Crippen LogP) is 1.92. The van der Waals surface area contributed by atoms with Crippen molar-refractivity contribution in [2.45, 2.75) is 84.0 Å². The average Bonchev–Trinajstić information content (AvgIpc) is 2.37. The number of alkyl carbamates (subject to hydrolysis) is 1. The molecule has 1 aliphatic carbocycles. The molecule has 4 N–H and O–H groups in total. The Morgan fingerprint density at radius 2 is 1.59 bits per heavy atom. The highest BCUT2D eigenvalue weighted by Gasteiger charge is 2.31. The fourth-order valence-corrected chi connectivity index (χ4v) is 2.52. The lowest BCUT2D eigenvalue weighted by Gasteiger charge is -2.34. The van der Waals surface area contributed by atoms with Crippen molar-refractivity contribution in [2.75, 3.05) is 0 Å². The summed E-state index contributed by atoms with van der Waals surface area (Å²) >= 11 is 0. The number of amides is 2. The second-order valence-electron chi connectivity index (χ2n) is 7.42. The van der Waals surface area contributed by atoms with E-state index < -0.39 is 17.7 Å². The zero-order chi connectivity index (χ0) is 16.9. The molecule has 0 saturated heterocycles. The highest BCUT2D eigenvalue weighted by atomic mass is 16.6. The molecule has 6 nitrogen and oxygen atoms in total. The first-order valence-corrected chi connectivity index (χ1v) is 8.15. The van der Waals surface area contributed by atoms with Gasteiger partial charge in [-0.3, -0.25) is 4.79 Å². The van der Waals surface area contributed by atoms with E-state index in [1.807, 2.05) is 34.6 Å². The second kappa shape index (κ2) is 7.81. The lowest BCUT2D eigenvalue weighted by Crippen LogP contribution is -2.57. The summed E-state index contributed by atoms with van der Waals surface area (Å²) in [5, 5.41) is 5.87. The molecule has 0 aromatic heterocycles. The largest absolute Gasteiger partial charge is 0.444 e. The minimum atomic E-state index is -0.530. The molecule has 1 saturated carbocycles. The summed E-state index contributed by atoms with van der Waals surface area (Å²) in [6, 6.07) is -0.713. The molecule has 128 valence electrons. The number of ether oxygens (including phenoxy) is 1. The van der Waals surface area contributed by atoms with E-state index in [2.05, 4.69) is 10.6 Å². The molecule has 6 heteroatoms. The van der Waals surface area contributed by atoms with Gasteiger partial charge >= 0.3 is 6.09 Å². The number of carbonyl (C=O) groups excluding carboxylic acids is 2. The molecule has 22 heavy (non-hydrogen) atoms. The van der Waals surface area contributed by atoms with Crippen LogP contribution in [-0.2, 0) is 9.53 Å². The zero-order valence-electron chi connectivity index (χ0n) is 14.4.